The van der Waals surface area contributed by atoms with Crippen LogP contribution < -0.4 is 10.1 Å². The molecular weight excluding hydrogens is 286 g/mol. The fourth-order valence-corrected chi connectivity index (χ4v) is 2.02. The standard InChI is InChI=1S/C15H13F4NO/c1-20-9-11-5-6-12(16)8-14(11)10-3-2-4-13(7-10)21-15(17,18)19/h2-8,20H,9H2,1H3. The van der Waals surface area contributed by atoms with Gasteiger partial charge in [0.2, 0.25) is 0 Å². The second kappa shape index (κ2) is 6.13. The predicted octanol–water partition coefficient (Wildman–Crippen LogP) is 4.11. The third-order valence-corrected chi connectivity index (χ3v) is 2.82. The van der Waals surface area contributed by atoms with Gasteiger partial charge in [0.25, 0.3) is 0 Å². The van der Waals surface area contributed by atoms with Gasteiger partial charge in [0.15, 0.2) is 0 Å². The van der Waals surface area contributed by atoms with Crippen LogP contribution in [-0.4, -0.2) is 13.4 Å². The first-order chi connectivity index (χ1) is 9.89. The molecule has 0 heterocycles. The SMILES string of the molecule is CNCc1ccc(F)cc1-c1cccc(OC(F)(F)F)c1. The van der Waals surface area contributed by atoms with E-state index >= 15 is 0 Å². The summed E-state index contributed by atoms with van der Waals surface area (Å²) >= 11 is 0. The number of alkyl halides is 3. The summed E-state index contributed by atoms with van der Waals surface area (Å²) in [5, 5.41) is 2.93. The van der Waals surface area contributed by atoms with Gasteiger partial charge < -0.3 is 10.1 Å². The summed E-state index contributed by atoms with van der Waals surface area (Å²) in [6.45, 7) is 0.472. The molecule has 0 aliphatic heterocycles. The number of rotatable bonds is 4. The van der Waals surface area contributed by atoms with E-state index in [4.69, 9.17) is 0 Å². The van der Waals surface area contributed by atoms with E-state index in [1.807, 2.05) is 0 Å². The highest BCUT2D eigenvalue weighted by Gasteiger charge is 2.31. The molecule has 6 heteroatoms. The van der Waals surface area contributed by atoms with Crippen LogP contribution in [0.5, 0.6) is 5.75 Å². The van der Waals surface area contributed by atoms with Crippen LogP contribution in [-0.2, 0) is 6.54 Å². The lowest BCUT2D eigenvalue weighted by molar-refractivity contribution is -0.274. The van der Waals surface area contributed by atoms with E-state index in [9.17, 15) is 17.6 Å². The maximum atomic E-state index is 13.4. The Bertz CT molecular complexity index is 625. The van der Waals surface area contributed by atoms with Gasteiger partial charge >= 0.3 is 6.36 Å². The Morgan fingerprint density at radius 2 is 1.86 bits per heavy atom. The van der Waals surface area contributed by atoms with Crippen molar-refractivity contribution in [2.45, 2.75) is 12.9 Å². The Hall–Kier alpha value is -2.08. The van der Waals surface area contributed by atoms with Crippen LogP contribution in [0.1, 0.15) is 5.56 Å². The van der Waals surface area contributed by atoms with Gasteiger partial charge in [0.05, 0.1) is 0 Å². The first kappa shape index (κ1) is 15.3. The van der Waals surface area contributed by atoms with Crippen molar-refractivity contribution in [3.8, 4) is 16.9 Å². The van der Waals surface area contributed by atoms with Crippen LogP contribution >= 0.6 is 0 Å². The van der Waals surface area contributed by atoms with Crippen molar-refractivity contribution in [1.82, 2.24) is 5.32 Å². The second-order valence-corrected chi connectivity index (χ2v) is 4.41. The summed E-state index contributed by atoms with van der Waals surface area (Å²) in [4.78, 5) is 0. The lowest BCUT2D eigenvalue weighted by atomic mass is 9.99. The smallest absolute Gasteiger partial charge is 0.406 e. The topological polar surface area (TPSA) is 21.3 Å². The van der Waals surface area contributed by atoms with E-state index in [1.165, 1.54) is 30.3 Å². The zero-order valence-corrected chi connectivity index (χ0v) is 11.2. The molecule has 2 nitrogen and oxygen atoms in total. The highest BCUT2D eigenvalue weighted by Crippen LogP contribution is 2.30. The van der Waals surface area contributed by atoms with Crippen LogP contribution in [0.3, 0.4) is 0 Å². The van der Waals surface area contributed by atoms with Gasteiger partial charge in [-0.05, 0) is 48.0 Å². The Morgan fingerprint density at radius 1 is 1.10 bits per heavy atom. The summed E-state index contributed by atoms with van der Waals surface area (Å²) in [6.07, 6.45) is -4.76. The minimum Gasteiger partial charge on any atom is -0.406 e. The number of hydrogen-bond acceptors (Lipinski definition) is 2. The molecule has 0 aromatic heterocycles. The van der Waals surface area contributed by atoms with Crippen LogP contribution in [0.2, 0.25) is 0 Å². The molecule has 0 amide bonds. The van der Waals surface area contributed by atoms with E-state index in [1.54, 1.807) is 19.2 Å². The summed E-state index contributed by atoms with van der Waals surface area (Å²) in [5.74, 6) is -0.785. The Labute approximate surface area is 119 Å². The zero-order chi connectivity index (χ0) is 15.5. The maximum absolute atomic E-state index is 13.4. The maximum Gasteiger partial charge on any atom is 0.573 e. The molecule has 2 aromatic carbocycles. The van der Waals surface area contributed by atoms with E-state index in [-0.39, 0.29) is 5.75 Å². The molecule has 0 saturated heterocycles. The van der Waals surface area contributed by atoms with Crippen LogP contribution in [0.4, 0.5) is 17.6 Å². The average molecular weight is 299 g/mol. The third kappa shape index (κ3) is 4.19. The van der Waals surface area contributed by atoms with Crippen molar-refractivity contribution in [3.05, 3.63) is 53.8 Å². The minimum absolute atomic E-state index is 0.334. The Balaban J connectivity index is 2.42. The summed E-state index contributed by atoms with van der Waals surface area (Å²) in [6, 6.07) is 9.68. The zero-order valence-electron chi connectivity index (χ0n) is 11.2. The van der Waals surface area contributed by atoms with Crippen molar-refractivity contribution in [2.24, 2.45) is 0 Å². The molecular formula is C15H13F4NO. The highest BCUT2D eigenvalue weighted by atomic mass is 19.4. The van der Waals surface area contributed by atoms with Crippen LogP contribution in [0.25, 0.3) is 11.1 Å². The summed E-state index contributed by atoms with van der Waals surface area (Å²) < 4.78 is 54.0. The first-order valence-corrected chi connectivity index (χ1v) is 6.18. The molecule has 0 bridgehead atoms. The van der Waals surface area contributed by atoms with Gasteiger partial charge in [0.1, 0.15) is 11.6 Å². The Morgan fingerprint density at radius 3 is 2.52 bits per heavy atom. The molecule has 0 radical (unpaired) electrons. The molecule has 0 aliphatic rings. The lowest BCUT2D eigenvalue weighted by Gasteiger charge is -2.13. The number of nitrogens with one attached hydrogen (secondary N) is 1. The van der Waals surface area contributed by atoms with Crippen molar-refractivity contribution in [2.75, 3.05) is 7.05 Å². The van der Waals surface area contributed by atoms with Gasteiger partial charge in [0, 0.05) is 6.54 Å². The monoisotopic (exact) mass is 299 g/mol. The molecule has 21 heavy (non-hydrogen) atoms. The van der Waals surface area contributed by atoms with Gasteiger partial charge in [-0.25, -0.2) is 4.39 Å². The molecule has 1 N–H and O–H groups in total. The van der Waals surface area contributed by atoms with Gasteiger partial charge in [-0.2, -0.15) is 0 Å². The molecule has 112 valence electrons. The fourth-order valence-electron chi connectivity index (χ4n) is 2.02. The number of halogens is 4. The first-order valence-electron chi connectivity index (χ1n) is 6.18. The molecule has 0 saturated carbocycles. The predicted molar refractivity (Wildman–Crippen MR) is 71.3 cm³/mol. The molecule has 0 atom stereocenters. The quantitative estimate of drug-likeness (QED) is 0.858. The average Bonchev–Trinajstić information content (AvgIpc) is 2.39. The minimum atomic E-state index is -4.76. The largest absolute Gasteiger partial charge is 0.573 e. The van der Waals surface area contributed by atoms with Crippen molar-refractivity contribution >= 4 is 0 Å². The number of benzene rings is 2. The molecule has 0 aliphatic carbocycles. The van der Waals surface area contributed by atoms with Crippen molar-refractivity contribution in [3.63, 3.8) is 0 Å². The highest BCUT2D eigenvalue weighted by molar-refractivity contribution is 5.68. The fraction of sp³-hybridized carbons (Fsp3) is 0.200. The number of ether oxygens (including phenoxy) is 1. The number of hydrogen-bond donors (Lipinski definition) is 1. The summed E-state index contributed by atoms with van der Waals surface area (Å²) in [5.41, 5.74) is 1.77. The molecule has 0 spiro atoms. The molecule has 2 rings (SSSR count). The third-order valence-electron chi connectivity index (χ3n) is 2.82. The van der Waals surface area contributed by atoms with Gasteiger partial charge in [-0.15, -0.1) is 13.2 Å². The van der Waals surface area contributed by atoms with E-state index in [0.717, 1.165) is 5.56 Å². The van der Waals surface area contributed by atoms with Crippen LogP contribution in [0, 0.1) is 5.82 Å². The van der Waals surface area contributed by atoms with E-state index in [2.05, 4.69) is 10.1 Å². The second-order valence-electron chi connectivity index (χ2n) is 4.41. The molecule has 2 aromatic rings. The molecule has 0 unspecified atom stereocenters. The van der Waals surface area contributed by atoms with E-state index < -0.39 is 12.2 Å². The van der Waals surface area contributed by atoms with Crippen molar-refractivity contribution in [1.29, 1.82) is 0 Å². The molecule has 0 fully saturated rings. The van der Waals surface area contributed by atoms with Crippen molar-refractivity contribution < 1.29 is 22.3 Å². The van der Waals surface area contributed by atoms with Crippen LogP contribution in [0.15, 0.2) is 42.5 Å². The van der Waals surface area contributed by atoms with Gasteiger partial charge in [-0.3, -0.25) is 0 Å². The lowest BCUT2D eigenvalue weighted by Crippen LogP contribution is -2.17. The summed E-state index contributed by atoms with van der Waals surface area (Å²) in [7, 11) is 1.73. The van der Waals surface area contributed by atoms with E-state index in [0.29, 0.717) is 17.7 Å². The normalized spacial score (nSPS) is 11.5. The Kier molecular flexibility index (Phi) is 4.47. The van der Waals surface area contributed by atoms with Gasteiger partial charge in [-0.1, -0.05) is 18.2 Å².